The third-order valence-corrected chi connectivity index (χ3v) is 7.39. The Balaban J connectivity index is 1.57. The first-order chi connectivity index (χ1) is 17.4. The maximum absolute atomic E-state index is 16.2. The molecular weight excluding hydrogens is 466 g/mol. The smallest absolute Gasteiger partial charge is 0.318 e. The van der Waals surface area contributed by atoms with E-state index in [4.69, 9.17) is 9.47 Å². The fraction of sp³-hybridized carbons (Fsp3) is 0.370. The van der Waals surface area contributed by atoms with Gasteiger partial charge in [0.1, 0.15) is 28.6 Å². The third-order valence-electron chi connectivity index (χ3n) is 7.39. The van der Waals surface area contributed by atoms with E-state index in [1.165, 1.54) is 25.3 Å². The van der Waals surface area contributed by atoms with Gasteiger partial charge in [-0.25, -0.2) is 8.78 Å². The van der Waals surface area contributed by atoms with Gasteiger partial charge in [0.2, 0.25) is 0 Å². The van der Waals surface area contributed by atoms with Crippen LogP contribution in [0, 0.1) is 11.6 Å². The zero-order chi connectivity index (χ0) is 25.0. The van der Waals surface area contributed by atoms with E-state index in [1.807, 2.05) is 6.92 Å². The molecular formula is C27H26F2N4O3. The van der Waals surface area contributed by atoms with Crippen molar-refractivity contribution < 1.29 is 23.4 Å². The molecule has 2 saturated heterocycles. The number of nitrogens with zero attached hydrogens (tertiary/aromatic N) is 4. The summed E-state index contributed by atoms with van der Waals surface area (Å²) in [4.78, 5) is 15.4. The van der Waals surface area contributed by atoms with Gasteiger partial charge in [-0.2, -0.15) is 9.97 Å². The Kier molecular flexibility index (Phi) is 5.40. The molecule has 4 aromatic rings. The van der Waals surface area contributed by atoms with Gasteiger partial charge in [-0.1, -0.05) is 13.0 Å². The molecule has 36 heavy (non-hydrogen) atoms. The second kappa shape index (κ2) is 8.51. The molecule has 186 valence electrons. The van der Waals surface area contributed by atoms with Crippen molar-refractivity contribution in [2.75, 3.05) is 31.7 Å². The number of halogens is 2. The molecule has 1 atom stereocenters. The molecule has 0 radical (unpaired) electrons. The minimum Gasteiger partial charge on any atom is -0.508 e. The standard InChI is InChI=1S/C27H26F2N4O3/c1-3-17-20(28)6-5-15-11-16(34)12-18(21(15)17)23-22(29)24-19(13-30-23)25(32-26(31-24)35-2)33-9-4-7-27(14-33)8-10-36-27/h5-6,11-13,34H,3-4,7-10,14H2,1-2H3. The second-order valence-corrected chi connectivity index (χ2v) is 9.49. The predicted octanol–water partition coefficient (Wildman–Crippen LogP) is 5.16. The van der Waals surface area contributed by atoms with Crippen LogP contribution in [-0.2, 0) is 11.2 Å². The van der Waals surface area contributed by atoms with Gasteiger partial charge in [0, 0.05) is 31.3 Å². The third kappa shape index (κ3) is 3.52. The molecule has 0 amide bonds. The van der Waals surface area contributed by atoms with Crippen LogP contribution in [-0.4, -0.2) is 52.5 Å². The number of hydrogen-bond acceptors (Lipinski definition) is 7. The summed E-state index contributed by atoms with van der Waals surface area (Å²) in [5, 5.41) is 12.0. The zero-order valence-corrected chi connectivity index (χ0v) is 20.1. The maximum Gasteiger partial charge on any atom is 0.318 e. The molecule has 1 unspecified atom stereocenters. The molecule has 4 heterocycles. The Morgan fingerprint density at radius 2 is 2.03 bits per heavy atom. The zero-order valence-electron chi connectivity index (χ0n) is 20.1. The average molecular weight is 493 g/mol. The van der Waals surface area contributed by atoms with E-state index in [0.29, 0.717) is 46.1 Å². The highest BCUT2D eigenvalue weighted by Gasteiger charge is 2.43. The molecule has 0 bridgehead atoms. The first kappa shape index (κ1) is 22.8. The molecule has 7 nitrogen and oxygen atoms in total. The number of rotatable bonds is 4. The number of ether oxygens (including phenoxy) is 2. The second-order valence-electron chi connectivity index (χ2n) is 9.49. The summed E-state index contributed by atoms with van der Waals surface area (Å²) in [6, 6.07) is 5.93. The van der Waals surface area contributed by atoms with E-state index in [9.17, 15) is 9.50 Å². The van der Waals surface area contributed by atoms with Crippen LogP contribution in [0.1, 0.15) is 31.7 Å². The number of fused-ring (bicyclic) bond motifs is 2. The first-order valence-corrected chi connectivity index (χ1v) is 12.2. The lowest BCUT2D eigenvalue weighted by molar-refractivity contribution is -0.151. The SMILES string of the molecule is CCc1c(F)ccc2cc(O)cc(-c3ncc4c(N5CCCC6(CCO6)C5)nc(OC)nc4c3F)c12. The van der Waals surface area contributed by atoms with Gasteiger partial charge in [-0.15, -0.1) is 0 Å². The largest absolute Gasteiger partial charge is 0.508 e. The number of pyridine rings is 1. The van der Waals surface area contributed by atoms with Gasteiger partial charge in [-0.3, -0.25) is 4.98 Å². The van der Waals surface area contributed by atoms with Crippen LogP contribution in [0.5, 0.6) is 11.8 Å². The lowest BCUT2D eigenvalue weighted by atomic mass is 9.86. The Hall–Kier alpha value is -3.59. The van der Waals surface area contributed by atoms with Crippen molar-refractivity contribution >= 4 is 27.5 Å². The van der Waals surface area contributed by atoms with Crippen molar-refractivity contribution in [1.82, 2.24) is 15.0 Å². The van der Waals surface area contributed by atoms with Crippen molar-refractivity contribution in [2.24, 2.45) is 0 Å². The van der Waals surface area contributed by atoms with E-state index in [0.717, 1.165) is 32.4 Å². The van der Waals surface area contributed by atoms with E-state index in [-0.39, 0.29) is 34.4 Å². The summed E-state index contributed by atoms with van der Waals surface area (Å²) >= 11 is 0. The number of phenols is 1. The predicted molar refractivity (Wildman–Crippen MR) is 133 cm³/mol. The fourth-order valence-corrected chi connectivity index (χ4v) is 5.57. The van der Waals surface area contributed by atoms with Gasteiger partial charge in [0.15, 0.2) is 5.82 Å². The Morgan fingerprint density at radius 1 is 1.19 bits per heavy atom. The van der Waals surface area contributed by atoms with Crippen molar-refractivity contribution in [1.29, 1.82) is 0 Å². The van der Waals surface area contributed by atoms with E-state index in [2.05, 4.69) is 19.9 Å². The van der Waals surface area contributed by atoms with Gasteiger partial charge < -0.3 is 19.5 Å². The Bertz CT molecular complexity index is 1510. The number of phenolic OH excluding ortho intramolecular Hbond substituents is 1. The minimum absolute atomic E-state index is 0.0205. The summed E-state index contributed by atoms with van der Waals surface area (Å²) in [6.07, 6.45) is 4.85. The van der Waals surface area contributed by atoms with Crippen molar-refractivity contribution in [3.8, 4) is 23.0 Å². The number of piperidine rings is 1. The molecule has 2 aromatic heterocycles. The fourth-order valence-electron chi connectivity index (χ4n) is 5.57. The molecule has 2 aliphatic rings. The summed E-state index contributed by atoms with van der Waals surface area (Å²) in [7, 11) is 1.44. The molecule has 1 N–H and O–H groups in total. The monoisotopic (exact) mass is 492 g/mol. The molecule has 0 aliphatic carbocycles. The number of methoxy groups -OCH3 is 1. The summed E-state index contributed by atoms with van der Waals surface area (Å²) in [5.41, 5.74) is 0.591. The molecule has 2 aliphatic heterocycles. The molecule has 0 saturated carbocycles. The van der Waals surface area contributed by atoms with E-state index in [1.54, 1.807) is 12.3 Å². The van der Waals surface area contributed by atoms with E-state index >= 15 is 4.39 Å². The number of aryl methyl sites for hydroxylation is 1. The molecule has 6 rings (SSSR count). The van der Waals surface area contributed by atoms with Crippen LogP contribution < -0.4 is 9.64 Å². The first-order valence-electron chi connectivity index (χ1n) is 12.2. The minimum atomic E-state index is -0.681. The van der Waals surface area contributed by atoms with Gasteiger partial charge in [0.05, 0.1) is 24.7 Å². The van der Waals surface area contributed by atoms with Crippen molar-refractivity contribution in [3.05, 3.63) is 47.7 Å². The highest BCUT2D eigenvalue weighted by molar-refractivity contribution is 6.01. The van der Waals surface area contributed by atoms with Crippen LogP contribution in [0.3, 0.4) is 0 Å². The van der Waals surface area contributed by atoms with Crippen LogP contribution in [0.2, 0.25) is 0 Å². The van der Waals surface area contributed by atoms with Crippen LogP contribution in [0.4, 0.5) is 14.6 Å². The number of aromatic nitrogens is 3. The number of hydrogen-bond donors (Lipinski definition) is 1. The summed E-state index contributed by atoms with van der Waals surface area (Å²) < 4.78 is 42.1. The Morgan fingerprint density at radius 3 is 2.75 bits per heavy atom. The van der Waals surface area contributed by atoms with Gasteiger partial charge >= 0.3 is 6.01 Å². The quantitative estimate of drug-likeness (QED) is 0.422. The maximum atomic E-state index is 16.2. The normalized spacial score (nSPS) is 19.7. The molecule has 2 aromatic carbocycles. The van der Waals surface area contributed by atoms with Crippen LogP contribution >= 0.6 is 0 Å². The lowest BCUT2D eigenvalue weighted by Gasteiger charge is -2.48. The molecule has 9 heteroatoms. The average Bonchev–Trinajstić information content (AvgIpc) is 2.87. The molecule has 2 fully saturated rings. The number of anilines is 1. The van der Waals surface area contributed by atoms with Crippen LogP contribution in [0.25, 0.3) is 32.9 Å². The number of benzene rings is 2. The molecule has 1 spiro atoms. The van der Waals surface area contributed by atoms with Crippen LogP contribution in [0.15, 0.2) is 30.5 Å². The Labute approximate surface area is 206 Å². The van der Waals surface area contributed by atoms with E-state index < -0.39 is 5.82 Å². The highest BCUT2D eigenvalue weighted by Crippen LogP contribution is 2.41. The number of aromatic hydroxyl groups is 1. The van der Waals surface area contributed by atoms with Gasteiger partial charge in [0.25, 0.3) is 0 Å². The lowest BCUT2D eigenvalue weighted by Crippen LogP contribution is -2.56. The highest BCUT2D eigenvalue weighted by atomic mass is 19.1. The van der Waals surface area contributed by atoms with Crippen molar-refractivity contribution in [3.63, 3.8) is 0 Å². The van der Waals surface area contributed by atoms with Gasteiger partial charge in [-0.05, 0) is 53.8 Å². The topological polar surface area (TPSA) is 80.6 Å². The summed E-state index contributed by atoms with van der Waals surface area (Å²) in [5.74, 6) is -0.584. The summed E-state index contributed by atoms with van der Waals surface area (Å²) in [6.45, 7) is 3.99. The van der Waals surface area contributed by atoms with Crippen molar-refractivity contribution in [2.45, 2.75) is 38.2 Å².